The van der Waals surface area contributed by atoms with Crippen molar-refractivity contribution in [1.82, 2.24) is 9.47 Å². The number of aromatic nitrogens is 1. The largest absolute Gasteiger partial charge is 0.491 e. The highest BCUT2D eigenvalue weighted by molar-refractivity contribution is 6.00. The van der Waals surface area contributed by atoms with Crippen molar-refractivity contribution in [2.45, 2.75) is 64.8 Å². The van der Waals surface area contributed by atoms with Crippen molar-refractivity contribution in [3.05, 3.63) is 63.6 Å². The normalized spacial score (nSPS) is 23.1. The Morgan fingerprint density at radius 3 is 2.64 bits per heavy atom. The second-order valence-electron chi connectivity index (χ2n) is 8.57. The molecule has 0 radical (unpaired) electrons. The van der Waals surface area contributed by atoms with Crippen LogP contribution >= 0.6 is 0 Å². The number of hydrogen-bond donors (Lipinski definition) is 0. The van der Waals surface area contributed by atoms with E-state index in [2.05, 4.69) is 0 Å². The van der Waals surface area contributed by atoms with E-state index in [9.17, 15) is 14.4 Å². The molecule has 1 saturated heterocycles. The van der Waals surface area contributed by atoms with E-state index >= 15 is 0 Å². The molecular formula is C26H32N2O5. The molecule has 0 unspecified atom stereocenters. The molecule has 1 amide bonds. The van der Waals surface area contributed by atoms with Crippen molar-refractivity contribution in [2.24, 2.45) is 5.92 Å². The molecule has 2 fully saturated rings. The van der Waals surface area contributed by atoms with Crippen molar-refractivity contribution in [3.8, 4) is 5.75 Å². The number of fused-ring (bicyclic) bond motifs is 4. The average Bonchev–Trinajstić information content (AvgIpc) is 3.33. The number of nitrogens with zero attached hydrogens (tertiary/aromatic N) is 2. The first-order valence-corrected chi connectivity index (χ1v) is 11.9. The smallest absolute Gasteiger partial charge is 0.276 e. The molecule has 1 aromatic carbocycles. The Labute approximate surface area is 194 Å². The van der Waals surface area contributed by atoms with E-state index in [1.165, 1.54) is 13.3 Å². The molecule has 0 N–H and O–H groups in total. The number of aryl methyl sites for hydroxylation is 1. The SMILES string of the molecule is CC.COc1c2n(cc(C(=O)CCc3ccccc3)c1=O)C[C@H]1OC[C@@H]3CCC[C@@H]3N1C2=O. The molecule has 7 nitrogen and oxygen atoms in total. The average molecular weight is 453 g/mol. The highest BCUT2D eigenvalue weighted by Gasteiger charge is 2.47. The van der Waals surface area contributed by atoms with Gasteiger partial charge >= 0.3 is 0 Å². The number of ether oxygens (including phenoxy) is 2. The summed E-state index contributed by atoms with van der Waals surface area (Å²) in [5, 5.41) is 0. The highest BCUT2D eigenvalue weighted by Crippen LogP contribution is 2.39. The fourth-order valence-corrected chi connectivity index (χ4v) is 5.25. The fraction of sp³-hybridized carbons (Fsp3) is 0.500. The number of hydrogen-bond acceptors (Lipinski definition) is 5. The van der Waals surface area contributed by atoms with Crippen LogP contribution in [0.4, 0.5) is 0 Å². The number of pyridine rings is 1. The zero-order chi connectivity index (χ0) is 23.5. The Morgan fingerprint density at radius 1 is 1.15 bits per heavy atom. The highest BCUT2D eigenvalue weighted by atomic mass is 16.5. The van der Waals surface area contributed by atoms with Crippen LogP contribution in [0.5, 0.6) is 5.75 Å². The molecule has 3 aliphatic rings. The van der Waals surface area contributed by atoms with Crippen LogP contribution in [0.25, 0.3) is 0 Å². The molecule has 1 aliphatic carbocycles. The van der Waals surface area contributed by atoms with Gasteiger partial charge in [-0.1, -0.05) is 50.6 Å². The summed E-state index contributed by atoms with van der Waals surface area (Å²) in [6, 6.07) is 9.83. The standard InChI is InChI=1S/C24H26N2O5.C2H6/c1-30-23-21-24(29)26-18-9-5-8-16(18)14-31-20(26)13-25(21)12-17(22(23)28)19(27)11-10-15-6-3-2-4-7-15;1-2/h2-4,6-7,12,16,18,20H,5,8-11,13-14H2,1H3;1-2H3/t16-,18-,20+;/m0./s1. The zero-order valence-corrected chi connectivity index (χ0v) is 19.6. The van der Waals surface area contributed by atoms with Crippen LogP contribution in [-0.4, -0.2) is 47.1 Å². The van der Waals surface area contributed by atoms with E-state index in [0.29, 0.717) is 25.5 Å². The summed E-state index contributed by atoms with van der Waals surface area (Å²) >= 11 is 0. The Balaban J connectivity index is 0.00000126. The Bertz CT molecular complexity index is 1080. The molecule has 1 aromatic heterocycles. The Kier molecular flexibility index (Phi) is 6.98. The lowest BCUT2D eigenvalue weighted by atomic mass is 9.98. The van der Waals surface area contributed by atoms with Crippen molar-refractivity contribution in [3.63, 3.8) is 0 Å². The monoisotopic (exact) mass is 452 g/mol. The van der Waals surface area contributed by atoms with E-state index < -0.39 is 5.43 Å². The lowest BCUT2D eigenvalue weighted by molar-refractivity contribution is -0.134. The van der Waals surface area contributed by atoms with Crippen LogP contribution in [0.3, 0.4) is 0 Å². The molecular weight excluding hydrogens is 420 g/mol. The van der Waals surface area contributed by atoms with Gasteiger partial charge in [0.05, 0.1) is 25.8 Å². The van der Waals surface area contributed by atoms with Gasteiger partial charge in [-0.15, -0.1) is 0 Å². The third-order valence-corrected chi connectivity index (χ3v) is 6.81. The molecule has 0 spiro atoms. The molecule has 33 heavy (non-hydrogen) atoms. The number of carbonyl (C=O) groups excluding carboxylic acids is 2. The molecule has 2 aliphatic heterocycles. The molecule has 5 rings (SSSR count). The van der Waals surface area contributed by atoms with Crippen LogP contribution in [-0.2, 0) is 17.7 Å². The third kappa shape index (κ3) is 4.22. The second kappa shape index (κ2) is 9.91. The predicted octanol–water partition coefficient (Wildman–Crippen LogP) is 3.68. The van der Waals surface area contributed by atoms with Crippen LogP contribution in [0.15, 0.2) is 41.3 Å². The minimum atomic E-state index is -0.514. The number of amides is 1. The molecule has 1 saturated carbocycles. The van der Waals surface area contributed by atoms with Crippen LogP contribution in [0, 0.1) is 5.92 Å². The summed E-state index contributed by atoms with van der Waals surface area (Å²) in [5.74, 6) is -0.194. The van der Waals surface area contributed by atoms with Gasteiger partial charge in [0.15, 0.2) is 23.5 Å². The second-order valence-corrected chi connectivity index (χ2v) is 8.57. The molecule has 7 heteroatoms. The van der Waals surface area contributed by atoms with E-state index in [1.54, 1.807) is 9.47 Å². The Morgan fingerprint density at radius 2 is 1.91 bits per heavy atom. The number of carbonyl (C=O) groups is 2. The minimum absolute atomic E-state index is 0.0471. The van der Waals surface area contributed by atoms with Gasteiger partial charge in [0.2, 0.25) is 5.43 Å². The van der Waals surface area contributed by atoms with Crippen molar-refractivity contribution in [1.29, 1.82) is 0 Å². The van der Waals surface area contributed by atoms with Gasteiger partial charge < -0.3 is 18.9 Å². The molecule has 3 heterocycles. The van der Waals surface area contributed by atoms with Crippen molar-refractivity contribution < 1.29 is 19.1 Å². The lowest BCUT2D eigenvalue weighted by Gasteiger charge is -2.46. The quantitative estimate of drug-likeness (QED) is 0.647. The van der Waals surface area contributed by atoms with Gasteiger partial charge in [-0.2, -0.15) is 0 Å². The lowest BCUT2D eigenvalue weighted by Crippen LogP contribution is -2.59. The van der Waals surface area contributed by atoms with E-state index in [-0.39, 0.29) is 47.4 Å². The predicted molar refractivity (Wildman–Crippen MR) is 125 cm³/mol. The summed E-state index contributed by atoms with van der Waals surface area (Å²) in [5.41, 5.74) is 0.805. The Hall–Kier alpha value is -2.93. The first kappa shape index (κ1) is 23.2. The maximum atomic E-state index is 13.4. The summed E-state index contributed by atoms with van der Waals surface area (Å²) in [4.78, 5) is 41.2. The minimum Gasteiger partial charge on any atom is -0.491 e. The topological polar surface area (TPSA) is 77.8 Å². The van der Waals surface area contributed by atoms with E-state index in [1.807, 2.05) is 44.2 Å². The number of ketones is 1. The molecule has 2 aromatic rings. The van der Waals surface area contributed by atoms with Gasteiger partial charge in [-0.3, -0.25) is 14.4 Å². The van der Waals surface area contributed by atoms with Crippen molar-refractivity contribution >= 4 is 11.7 Å². The number of methoxy groups -OCH3 is 1. The van der Waals surface area contributed by atoms with Crippen molar-refractivity contribution in [2.75, 3.05) is 13.7 Å². The number of rotatable bonds is 5. The number of benzene rings is 1. The maximum Gasteiger partial charge on any atom is 0.276 e. The number of Topliss-reactive ketones (excluding diaryl/α,β-unsaturated/α-hetero) is 1. The third-order valence-electron chi connectivity index (χ3n) is 6.81. The first-order chi connectivity index (χ1) is 16.1. The molecule has 0 bridgehead atoms. The fourth-order valence-electron chi connectivity index (χ4n) is 5.25. The molecule has 3 atom stereocenters. The van der Waals surface area contributed by atoms with Gasteiger partial charge in [-0.05, 0) is 24.8 Å². The van der Waals surface area contributed by atoms with Crippen LogP contribution < -0.4 is 10.2 Å². The summed E-state index contributed by atoms with van der Waals surface area (Å²) < 4.78 is 13.1. The van der Waals surface area contributed by atoms with Gasteiger partial charge in [0.1, 0.15) is 0 Å². The summed E-state index contributed by atoms with van der Waals surface area (Å²) in [7, 11) is 1.38. The molecule has 176 valence electrons. The zero-order valence-electron chi connectivity index (χ0n) is 19.6. The summed E-state index contributed by atoms with van der Waals surface area (Å²) in [6.07, 6.45) is 4.99. The van der Waals surface area contributed by atoms with Gasteiger partial charge in [-0.25, -0.2) is 0 Å². The van der Waals surface area contributed by atoms with E-state index in [0.717, 1.165) is 24.8 Å². The van der Waals surface area contributed by atoms with Crippen LogP contribution in [0.1, 0.15) is 65.9 Å². The summed E-state index contributed by atoms with van der Waals surface area (Å²) in [6.45, 7) is 5.04. The van der Waals surface area contributed by atoms with Gasteiger partial charge in [0, 0.05) is 24.6 Å². The van der Waals surface area contributed by atoms with E-state index in [4.69, 9.17) is 9.47 Å². The van der Waals surface area contributed by atoms with Gasteiger partial charge in [0.25, 0.3) is 5.91 Å². The van der Waals surface area contributed by atoms with Crippen LogP contribution in [0.2, 0.25) is 0 Å². The maximum absolute atomic E-state index is 13.4. The first-order valence-electron chi connectivity index (χ1n) is 11.9.